The van der Waals surface area contributed by atoms with E-state index in [1.807, 2.05) is 24.0 Å². The van der Waals surface area contributed by atoms with E-state index in [1.54, 1.807) is 0 Å². The summed E-state index contributed by atoms with van der Waals surface area (Å²) in [6, 6.07) is 3.73. The number of amides is 1. The molecule has 0 atom stereocenters. The zero-order valence-electron chi connectivity index (χ0n) is 14.5. The van der Waals surface area contributed by atoms with Crippen LogP contribution in [0.3, 0.4) is 0 Å². The Morgan fingerprint density at radius 2 is 1.88 bits per heavy atom. The highest BCUT2D eigenvalue weighted by Crippen LogP contribution is 2.31. The number of aryl methyl sites for hydroxylation is 1. The summed E-state index contributed by atoms with van der Waals surface area (Å²) in [6.45, 7) is 3.45. The summed E-state index contributed by atoms with van der Waals surface area (Å²) in [7, 11) is 0. The maximum Gasteiger partial charge on any atom is 0.230 e. The van der Waals surface area contributed by atoms with Crippen molar-refractivity contribution in [2.45, 2.75) is 51.4 Å². The summed E-state index contributed by atoms with van der Waals surface area (Å²) in [6.07, 6.45) is 6.26. The minimum atomic E-state index is 0.215. The molecule has 1 saturated carbocycles. The Morgan fingerprint density at radius 1 is 1.12 bits per heavy atom. The number of piperidine rings is 1. The van der Waals surface area contributed by atoms with Gasteiger partial charge in [-0.2, -0.15) is 10.1 Å². The lowest BCUT2D eigenvalue weighted by Gasteiger charge is -2.32. The minimum absolute atomic E-state index is 0.215. The van der Waals surface area contributed by atoms with Crippen LogP contribution in [-0.2, 0) is 4.79 Å². The molecule has 0 aromatic carbocycles. The number of hydrogen-bond donors (Lipinski definition) is 0. The highest BCUT2D eigenvalue weighted by Gasteiger charge is 2.32. The normalized spacial score (nSPS) is 19.5. The largest absolute Gasteiger partial charge is 0.342 e. The Bertz CT molecular complexity index is 728. The zero-order valence-corrected chi connectivity index (χ0v) is 14.5. The molecule has 0 radical (unpaired) electrons. The lowest BCUT2D eigenvalue weighted by atomic mass is 9.95. The van der Waals surface area contributed by atoms with Crippen molar-refractivity contribution in [1.82, 2.24) is 25.2 Å². The molecule has 25 heavy (non-hydrogen) atoms. The molecular formula is C18H23N5O2. The van der Waals surface area contributed by atoms with Crippen molar-refractivity contribution in [2.24, 2.45) is 5.92 Å². The molecule has 7 nitrogen and oxygen atoms in total. The van der Waals surface area contributed by atoms with Crippen LogP contribution in [0.2, 0.25) is 0 Å². The number of aromatic nitrogens is 4. The zero-order chi connectivity index (χ0) is 17.2. The summed E-state index contributed by atoms with van der Waals surface area (Å²) in [4.78, 5) is 19.0. The molecule has 0 N–H and O–H groups in total. The number of likely N-dealkylation sites (tertiary alicyclic amines) is 1. The van der Waals surface area contributed by atoms with Gasteiger partial charge in [0.25, 0.3) is 0 Å². The quantitative estimate of drug-likeness (QED) is 0.853. The second kappa shape index (κ2) is 6.90. The molecule has 2 fully saturated rings. The van der Waals surface area contributed by atoms with Gasteiger partial charge in [0.2, 0.25) is 17.6 Å². The van der Waals surface area contributed by atoms with E-state index >= 15 is 0 Å². The van der Waals surface area contributed by atoms with E-state index in [0.29, 0.717) is 23.3 Å². The Morgan fingerprint density at radius 3 is 2.56 bits per heavy atom. The van der Waals surface area contributed by atoms with E-state index in [-0.39, 0.29) is 11.8 Å². The van der Waals surface area contributed by atoms with E-state index in [4.69, 9.17) is 4.52 Å². The summed E-state index contributed by atoms with van der Waals surface area (Å²) in [5.41, 5.74) is 1.47. The molecule has 1 amide bonds. The second-order valence-corrected chi connectivity index (χ2v) is 7.10. The molecule has 7 heteroatoms. The average molecular weight is 341 g/mol. The van der Waals surface area contributed by atoms with Gasteiger partial charge in [-0.3, -0.25) is 4.79 Å². The van der Waals surface area contributed by atoms with E-state index in [1.165, 1.54) is 12.8 Å². The maximum absolute atomic E-state index is 12.5. The number of carbonyl (C=O) groups excluding carboxylic acids is 1. The van der Waals surface area contributed by atoms with Crippen molar-refractivity contribution in [3.63, 3.8) is 0 Å². The Labute approximate surface area is 146 Å². The van der Waals surface area contributed by atoms with Crippen LogP contribution in [0, 0.1) is 12.8 Å². The standard InChI is InChI=1S/C18H23N5O2/c1-12-6-7-15(21-20-12)16-19-17(25-22-16)13-8-10-23(11-9-13)18(24)14-4-2-3-5-14/h6-7,13-14H,2-5,8-11H2,1H3. The van der Waals surface area contributed by atoms with Gasteiger partial charge in [-0.05, 0) is 44.7 Å². The molecule has 1 aliphatic carbocycles. The van der Waals surface area contributed by atoms with Crippen LogP contribution in [0.1, 0.15) is 56.0 Å². The van der Waals surface area contributed by atoms with Crippen LogP contribution >= 0.6 is 0 Å². The molecule has 132 valence electrons. The van der Waals surface area contributed by atoms with E-state index < -0.39 is 0 Å². The van der Waals surface area contributed by atoms with Gasteiger partial charge < -0.3 is 9.42 Å². The third kappa shape index (κ3) is 3.41. The van der Waals surface area contributed by atoms with Crippen molar-refractivity contribution in [1.29, 1.82) is 0 Å². The van der Waals surface area contributed by atoms with Crippen molar-refractivity contribution in [3.05, 3.63) is 23.7 Å². The maximum atomic E-state index is 12.5. The van der Waals surface area contributed by atoms with Gasteiger partial charge in [0, 0.05) is 24.9 Å². The first kappa shape index (κ1) is 16.2. The Balaban J connectivity index is 1.38. The second-order valence-electron chi connectivity index (χ2n) is 7.10. The van der Waals surface area contributed by atoms with Gasteiger partial charge in [-0.25, -0.2) is 0 Å². The summed E-state index contributed by atoms with van der Waals surface area (Å²) >= 11 is 0. The van der Waals surface area contributed by atoms with E-state index in [2.05, 4.69) is 20.3 Å². The van der Waals surface area contributed by atoms with Gasteiger partial charge in [0.1, 0.15) is 5.69 Å². The number of nitrogens with zero attached hydrogens (tertiary/aromatic N) is 5. The third-order valence-corrected chi connectivity index (χ3v) is 5.33. The number of rotatable bonds is 3. The molecule has 3 heterocycles. The molecule has 2 aromatic heterocycles. The monoisotopic (exact) mass is 341 g/mol. The molecule has 0 unspecified atom stereocenters. The summed E-state index contributed by atoms with van der Waals surface area (Å²) in [5, 5.41) is 12.2. The minimum Gasteiger partial charge on any atom is -0.342 e. The number of hydrogen-bond acceptors (Lipinski definition) is 6. The van der Waals surface area contributed by atoms with Crippen LogP contribution in [0.15, 0.2) is 16.7 Å². The Kier molecular flexibility index (Phi) is 4.46. The Hall–Kier alpha value is -2.31. The predicted molar refractivity (Wildman–Crippen MR) is 90.6 cm³/mol. The fourth-order valence-electron chi connectivity index (χ4n) is 3.80. The molecule has 1 aliphatic heterocycles. The van der Waals surface area contributed by atoms with Crippen LogP contribution in [-0.4, -0.2) is 44.2 Å². The molecule has 0 bridgehead atoms. The van der Waals surface area contributed by atoms with Crippen LogP contribution in [0.25, 0.3) is 11.5 Å². The van der Waals surface area contributed by atoms with Gasteiger partial charge in [-0.1, -0.05) is 18.0 Å². The van der Waals surface area contributed by atoms with Crippen molar-refractivity contribution < 1.29 is 9.32 Å². The van der Waals surface area contributed by atoms with Crippen molar-refractivity contribution in [3.8, 4) is 11.5 Å². The smallest absolute Gasteiger partial charge is 0.230 e. The van der Waals surface area contributed by atoms with Crippen LogP contribution < -0.4 is 0 Å². The van der Waals surface area contributed by atoms with Crippen LogP contribution in [0.5, 0.6) is 0 Å². The van der Waals surface area contributed by atoms with Gasteiger partial charge in [0.15, 0.2) is 0 Å². The topological polar surface area (TPSA) is 85.0 Å². The summed E-state index contributed by atoms with van der Waals surface area (Å²) < 4.78 is 5.45. The third-order valence-electron chi connectivity index (χ3n) is 5.33. The van der Waals surface area contributed by atoms with E-state index in [0.717, 1.165) is 44.5 Å². The molecule has 2 aliphatic rings. The van der Waals surface area contributed by atoms with Crippen molar-refractivity contribution >= 4 is 5.91 Å². The lowest BCUT2D eigenvalue weighted by Crippen LogP contribution is -2.40. The lowest BCUT2D eigenvalue weighted by molar-refractivity contribution is -0.136. The molecule has 0 spiro atoms. The first-order valence-electron chi connectivity index (χ1n) is 9.14. The fraction of sp³-hybridized carbons (Fsp3) is 0.611. The fourth-order valence-corrected chi connectivity index (χ4v) is 3.80. The van der Waals surface area contributed by atoms with Gasteiger partial charge in [0.05, 0.1) is 5.69 Å². The first-order valence-corrected chi connectivity index (χ1v) is 9.14. The molecular weight excluding hydrogens is 318 g/mol. The van der Waals surface area contributed by atoms with Crippen molar-refractivity contribution in [2.75, 3.05) is 13.1 Å². The molecule has 4 rings (SSSR count). The summed E-state index contributed by atoms with van der Waals surface area (Å²) in [5.74, 6) is 1.94. The highest BCUT2D eigenvalue weighted by atomic mass is 16.5. The SMILES string of the molecule is Cc1ccc(-c2noc(C3CCN(C(=O)C4CCCC4)CC3)n2)nn1. The first-order chi connectivity index (χ1) is 12.2. The average Bonchev–Trinajstić information content (AvgIpc) is 3.34. The van der Waals surface area contributed by atoms with E-state index in [9.17, 15) is 4.79 Å². The highest BCUT2D eigenvalue weighted by molar-refractivity contribution is 5.79. The number of carbonyl (C=O) groups is 1. The molecule has 1 saturated heterocycles. The molecule has 2 aromatic rings. The van der Waals surface area contributed by atoms with Gasteiger partial charge >= 0.3 is 0 Å². The van der Waals surface area contributed by atoms with Crippen LogP contribution in [0.4, 0.5) is 0 Å². The predicted octanol–water partition coefficient (Wildman–Crippen LogP) is 2.73. The van der Waals surface area contributed by atoms with Gasteiger partial charge in [-0.15, -0.1) is 5.10 Å².